The second-order valence-electron chi connectivity index (χ2n) is 4.96. The van der Waals surface area contributed by atoms with Crippen LogP contribution < -0.4 is 20.7 Å². The number of nitrogens with one attached hydrogen (secondary N) is 3. The molecule has 0 atom stereocenters. The van der Waals surface area contributed by atoms with Crippen LogP contribution in [0, 0.1) is 5.92 Å². The molecule has 0 unspecified atom stereocenters. The number of hydrogen-bond acceptors (Lipinski definition) is 3. The highest BCUT2D eigenvalue weighted by Gasteiger charge is 2.09. The van der Waals surface area contributed by atoms with Crippen LogP contribution in [0.5, 0.6) is 5.75 Å². The maximum atomic E-state index is 11.8. The molecule has 0 aliphatic carbocycles. The van der Waals surface area contributed by atoms with Crippen molar-refractivity contribution in [2.75, 3.05) is 25.0 Å². The highest BCUT2D eigenvalue weighted by atomic mass is 16.5. The van der Waals surface area contributed by atoms with Crippen molar-refractivity contribution < 1.29 is 14.3 Å². The van der Waals surface area contributed by atoms with E-state index in [1.165, 1.54) is 0 Å². The third-order valence-electron chi connectivity index (χ3n) is 2.49. The molecular formula is C15H23N3O3. The van der Waals surface area contributed by atoms with E-state index >= 15 is 0 Å². The minimum Gasteiger partial charge on any atom is -0.491 e. The highest BCUT2D eigenvalue weighted by molar-refractivity contribution is 5.93. The molecule has 6 nitrogen and oxygen atoms in total. The Hall–Kier alpha value is -2.24. The summed E-state index contributed by atoms with van der Waals surface area (Å²) in [5.74, 6) is 0.779. The number of ether oxygens (including phenoxy) is 1. The summed E-state index contributed by atoms with van der Waals surface area (Å²) >= 11 is 0. The van der Waals surface area contributed by atoms with E-state index in [1.807, 2.05) is 19.1 Å². The standard InChI is InChI=1S/C15H23N3O3/c1-4-16-14(19)9-17-15(20)18-12-7-5-6-8-13(12)21-10-11(2)3/h5-8,11H,4,9-10H2,1-3H3,(H,16,19)(H2,17,18,20). The fraction of sp³-hybridized carbons (Fsp3) is 0.467. The van der Waals surface area contributed by atoms with Crippen molar-refractivity contribution in [3.05, 3.63) is 24.3 Å². The lowest BCUT2D eigenvalue weighted by molar-refractivity contribution is -0.119. The molecule has 0 spiro atoms. The number of likely N-dealkylation sites (N-methyl/N-ethyl adjacent to an activating group) is 1. The number of para-hydroxylation sites is 2. The lowest BCUT2D eigenvalue weighted by Crippen LogP contribution is -2.38. The molecule has 3 amide bonds. The highest BCUT2D eigenvalue weighted by Crippen LogP contribution is 2.24. The number of benzene rings is 1. The molecule has 0 radical (unpaired) electrons. The molecule has 21 heavy (non-hydrogen) atoms. The Morgan fingerprint density at radius 1 is 1.19 bits per heavy atom. The Morgan fingerprint density at radius 3 is 2.57 bits per heavy atom. The summed E-state index contributed by atoms with van der Waals surface area (Å²) in [5, 5.41) is 7.77. The lowest BCUT2D eigenvalue weighted by Gasteiger charge is -2.14. The van der Waals surface area contributed by atoms with E-state index in [2.05, 4.69) is 29.8 Å². The monoisotopic (exact) mass is 293 g/mol. The second-order valence-corrected chi connectivity index (χ2v) is 4.96. The smallest absolute Gasteiger partial charge is 0.319 e. The van der Waals surface area contributed by atoms with Crippen LogP contribution in [0.3, 0.4) is 0 Å². The van der Waals surface area contributed by atoms with Crippen LogP contribution in [0.1, 0.15) is 20.8 Å². The van der Waals surface area contributed by atoms with Crippen molar-refractivity contribution in [3.63, 3.8) is 0 Å². The minimum atomic E-state index is -0.443. The number of hydrogen-bond donors (Lipinski definition) is 3. The van der Waals surface area contributed by atoms with Crippen LogP contribution in [-0.4, -0.2) is 31.6 Å². The van der Waals surface area contributed by atoms with Gasteiger partial charge >= 0.3 is 6.03 Å². The van der Waals surface area contributed by atoms with Gasteiger partial charge in [-0.1, -0.05) is 26.0 Å². The molecule has 0 bridgehead atoms. The number of anilines is 1. The Bertz CT molecular complexity index is 475. The van der Waals surface area contributed by atoms with Crippen molar-refractivity contribution >= 4 is 17.6 Å². The van der Waals surface area contributed by atoms with E-state index in [0.717, 1.165) is 0 Å². The van der Waals surface area contributed by atoms with Gasteiger partial charge in [-0.25, -0.2) is 4.79 Å². The number of rotatable bonds is 7. The average Bonchev–Trinajstić information content (AvgIpc) is 2.44. The van der Waals surface area contributed by atoms with Gasteiger partial charge in [-0.05, 0) is 25.0 Å². The van der Waals surface area contributed by atoms with Crippen LogP contribution in [0.4, 0.5) is 10.5 Å². The first kappa shape index (κ1) is 16.8. The zero-order chi connectivity index (χ0) is 15.7. The SMILES string of the molecule is CCNC(=O)CNC(=O)Nc1ccccc1OCC(C)C. The van der Waals surface area contributed by atoms with Gasteiger partial charge in [0.05, 0.1) is 18.8 Å². The third-order valence-corrected chi connectivity index (χ3v) is 2.49. The van der Waals surface area contributed by atoms with E-state index in [-0.39, 0.29) is 12.5 Å². The molecule has 6 heteroatoms. The van der Waals surface area contributed by atoms with Crippen LogP contribution in [-0.2, 0) is 4.79 Å². The molecule has 0 aliphatic heterocycles. The molecule has 0 aliphatic rings. The summed E-state index contributed by atoms with van der Waals surface area (Å²) < 4.78 is 5.64. The fourth-order valence-corrected chi connectivity index (χ4v) is 1.54. The zero-order valence-electron chi connectivity index (χ0n) is 12.7. The number of urea groups is 1. The molecule has 0 saturated heterocycles. The molecule has 0 heterocycles. The van der Waals surface area contributed by atoms with E-state index in [0.29, 0.717) is 30.5 Å². The van der Waals surface area contributed by atoms with Crippen molar-refractivity contribution in [1.82, 2.24) is 10.6 Å². The van der Waals surface area contributed by atoms with Crippen molar-refractivity contribution in [2.24, 2.45) is 5.92 Å². The van der Waals surface area contributed by atoms with Gasteiger partial charge in [0.1, 0.15) is 5.75 Å². The van der Waals surface area contributed by atoms with Gasteiger partial charge in [-0.15, -0.1) is 0 Å². The summed E-state index contributed by atoms with van der Waals surface area (Å²) in [6.45, 7) is 6.96. The van der Waals surface area contributed by atoms with Crippen molar-refractivity contribution in [2.45, 2.75) is 20.8 Å². The minimum absolute atomic E-state index is 0.0608. The number of carbonyl (C=O) groups is 2. The Balaban J connectivity index is 2.53. The zero-order valence-corrected chi connectivity index (χ0v) is 12.7. The maximum Gasteiger partial charge on any atom is 0.319 e. The van der Waals surface area contributed by atoms with Crippen LogP contribution >= 0.6 is 0 Å². The van der Waals surface area contributed by atoms with Gasteiger partial charge in [-0.3, -0.25) is 4.79 Å². The quantitative estimate of drug-likeness (QED) is 0.719. The van der Waals surface area contributed by atoms with Crippen LogP contribution in [0.2, 0.25) is 0 Å². The van der Waals surface area contributed by atoms with Gasteiger partial charge in [0.15, 0.2) is 0 Å². The third kappa shape index (κ3) is 6.65. The topological polar surface area (TPSA) is 79.5 Å². The van der Waals surface area contributed by atoms with Crippen LogP contribution in [0.15, 0.2) is 24.3 Å². The summed E-state index contributed by atoms with van der Waals surface area (Å²) in [4.78, 5) is 23.0. The van der Waals surface area contributed by atoms with Crippen LogP contribution in [0.25, 0.3) is 0 Å². The first-order valence-electron chi connectivity index (χ1n) is 7.06. The molecule has 1 rings (SSSR count). The summed E-state index contributed by atoms with van der Waals surface area (Å²) in [6, 6.07) is 6.75. The van der Waals surface area contributed by atoms with E-state index in [1.54, 1.807) is 12.1 Å². The molecule has 116 valence electrons. The molecule has 1 aromatic rings. The van der Waals surface area contributed by atoms with Crippen molar-refractivity contribution in [3.8, 4) is 5.75 Å². The average molecular weight is 293 g/mol. The molecule has 0 saturated carbocycles. The molecule has 0 aromatic heterocycles. The molecular weight excluding hydrogens is 270 g/mol. The Morgan fingerprint density at radius 2 is 1.90 bits per heavy atom. The summed E-state index contributed by atoms with van der Waals surface area (Å²) in [5.41, 5.74) is 0.576. The summed E-state index contributed by atoms with van der Waals surface area (Å²) in [7, 11) is 0. The summed E-state index contributed by atoms with van der Waals surface area (Å²) in [6.07, 6.45) is 0. The molecule has 0 fully saturated rings. The number of amides is 3. The second kappa shape index (κ2) is 8.84. The Kier molecular flexibility index (Phi) is 7.08. The van der Waals surface area contributed by atoms with Gasteiger partial charge in [-0.2, -0.15) is 0 Å². The first-order chi connectivity index (χ1) is 10.0. The first-order valence-corrected chi connectivity index (χ1v) is 7.06. The maximum absolute atomic E-state index is 11.8. The Labute approximate surface area is 125 Å². The largest absolute Gasteiger partial charge is 0.491 e. The number of carbonyl (C=O) groups excluding carboxylic acids is 2. The molecule has 1 aromatic carbocycles. The predicted molar refractivity (Wildman–Crippen MR) is 82.5 cm³/mol. The van der Waals surface area contributed by atoms with E-state index in [9.17, 15) is 9.59 Å². The van der Waals surface area contributed by atoms with Gasteiger partial charge < -0.3 is 20.7 Å². The van der Waals surface area contributed by atoms with Crippen molar-refractivity contribution in [1.29, 1.82) is 0 Å². The molecule has 3 N–H and O–H groups in total. The van der Waals surface area contributed by atoms with Gasteiger partial charge in [0.2, 0.25) is 5.91 Å². The predicted octanol–water partition coefficient (Wildman–Crippen LogP) is 1.98. The van der Waals surface area contributed by atoms with Gasteiger partial charge in [0.25, 0.3) is 0 Å². The van der Waals surface area contributed by atoms with Gasteiger partial charge in [0, 0.05) is 6.54 Å². The lowest BCUT2D eigenvalue weighted by atomic mass is 10.2. The van der Waals surface area contributed by atoms with E-state index in [4.69, 9.17) is 4.74 Å². The fourth-order valence-electron chi connectivity index (χ4n) is 1.54. The van der Waals surface area contributed by atoms with E-state index < -0.39 is 6.03 Å². The normalized spacial score (nSPS) is 10.1.